The van der Waals surface area contributed by atoms with E-state index in [1.807, 2.05) is 0 Å². The molecule has 0 aromatic rings. The first kappa shape index (κ1) is 116. The van der Waals surface area contributed by atoms with Gasteiger partial charge in [0.25, 0.3) is 0 Å². The monoisotopic (exact) mass is 1730 g/mol. The molecule has 0 aromatic carbocycles. The molecular weight excluding hydrogens is 1560 g/mol. The summed E-state index contributed by atoms with van der Waals surface area (Å²) in [4.78, 5) is 59.1. The maximum atomic E-state index is 13.1. The number of esters is 3. The first-order chi connectivity index (χ1) is 59.2. The molecule has 5 atom stereocenters. The number of hydrogen-bond donors (Lipinski definition) is 4. The fourth-order valence-electron chi connectivity index (χ4n) is 13.1. The van der Waals surface area contributed by atoms with E-state index in [-0.39, 0.29) is 19.3 Å². The van der Waals surface area contributed by atoms with Gasteiger partial charge >= 0.3 is 33.6 Å². The van der Waals surface area contributed by atoms with Crippen LogP contribution in [0.1, 0.15) is 406 Å². The van der Waals surface area contributed by atoms with Crippen molar-refractivity contribution in [2.24, 2.45) is 0 Å². The molecule has 16 nitrogen and oxygen atoms in total. The first-order valence-corrected chi connectivity index (χ1v) is 51.4. The molecule has 0 aliphatic carbocycles. The van der Waals surface area contributed by atoms with Crippen molar-refractivity contribution in [1.82, 2.24) is 0 Å². The van der Waals surface area contributed by atoms with Crippen LogP contribution in [0.4, 0.5) is 0 Å². The van der Waals surface area contributed by atoms with E-state index in [0.717, 1.165) is 167 Å². The molecule has 0 spiro atoms. The maximum Gasteiger partial charge on any atom is 0.472 e. The van der Waals surface area contributed by atoms with E-state index in [0.29, 0.717) is 19.3 Å². The second kappa shape index (κ2) is 94.1. The Labute approximate surface area is 739 Å². The molecule has 0 saturated carbocycles. The number of carbonyl (C=O) groups excluding carboxylic acids is 3. The van der Waals surface area contributed by atoms with E-state index in [4.69, 9.17) is 32.3 Å². The third kappa shape index (κ3) is 95.4. The highest BCUT2D eigenvalue weighted by atomic mass is 31.2. The van der Waals surface area contributed by atoms with Crippen LogP contribution in [0.3, 0.4) is 0 Å². The van der Waals surface area contributed by atoms with Gasteiger partial charge in [-0.05, 0) is 161 Å². The Morgan fingerprint density at radius 2 is 0.438 bits per heavy atom. The molecule has 0 fully saturated rings. The Morgan fingerprint density at radius 3 is 0.694 bits per heavy atom. The van der Waals surface area contributed by atoms with E-state index >= 15 is 0 Å². The smallest absolute Gasteiger partial charge is 0.463 e. The molecule has 5 unspecified atom stereocenters. The first-order valence-electron chi connectivity index (χ1n) is 48.4. The standard InChI is InChI=1S/C103H176O16P2/c1-4-7-10-13-16-19-22-25-28-31-34-37-40-43-46-47-48-49-52-54-56-59-62-65-68-71-74-77-80-83-86-89-101(106)113-92-98(104)93-115-120(109,110)116-94-99(105)95-117-121(111,112)118-97-100(119-103(108)91-88-85-82-79-76-73-70-67-64-61-58-55-51-45-42-39-36-33-30-27-24-21-18-15-12-9-6-3)96-114-102(107)90-87-84-81-78-75-72-69-66-63-60-57-53-50-44-41-38-35-32-29-26-23-20-17-14-11-8-5-2/h7,10,16-21,25-30,34-39,43-46,48-51,98-100,104-105H,4-6,8-9,11-15,22-24,31-33,40-42,47,52-97H2,1-3H3,(H,109,110)(H,111,112)/b10-7-,19-16-,20-17-,21-18-,28-25-,29-26-,30-27-,37-34-,38-35-,39-36-,46-43-,49-48-,50-44-,51-45-. The quantitative estimate of drug-likeness (QED) is 0.0146. The van der Waals surface area contributed by atoms with Gasteiger partial charge in [-0.3, -0.25) is 32.5 Å². The van der Waals surface area contributed by atoms with E-state index < -0.39 is 91.5 Å². The van der Waals surface area contributed by atoms with Crippen molar-refractivity contribution < 1.29 is 75.8 Å². The molecule has 0 aliphatic rings. The number of ether oxygens (including phenoxy) is 3. The number of rotatable bonds is 91. The van der Waals surface area contributed by atoms with Crippen LogP contribution < -0.4 is 0 Å². The lowest BCUT2D eigenvalue weighted by atomic mass is 10.0. The number of phosphoric acid groups is 2. The zero-order valence-electron chi connectivity index (χ0n) is 76.6. The number of aliphatic hydroxyl groups is 2. The topological polar surface area (TPSA) is 231 Å². The Bertz CT molecular complexity index is 2880. The summed E-state index contributed by atoms with van der Waals surface area (Å²) in [7, 11) is -9.82. The lowest BCUT2D eigenvalue weighted by Crippen LogP contribution is -2.30. The van der Waals surface area contributed by atoms with Crippen LogP contribution >= 0.6 is 15.6 Å². The molecule has 0 rings (SSSR count). The van der Waals surface area contributed by atoms with Gasteiger partial charge in [0, 0.05) is 19.3 Å². The second-order valence-corrected chi connectivity index (χ2v) is 35.0. The molecule has 694 valence electrons. The molecule has 0 heterocycles. The zero-order valence-corrected chi connectivity index (χ0v) is 78.4. The summed E-state index contributed by atoms with van der Waals surface area (Å²) in [6, 6.07) is 0. The second-order valence-electron chi connectivity index (χ2n) is 32.1. The SMILES string of the molecule is CC/C=C\C/C=C\C/C=C\C/C=C\C/C=C\C/C=C\CCCCCCCCCCCCCCC(=O)OCC(O)COP(=O)(O)OCC(O)COP(=O)(O)OCC(COC(=O)CCCCCCCCCCCCC/C=C\C/C=C\C/C=C\C/C=C\CCCCC)OC(=O)CCCCCCCCCCCCC/C=C\C/C=C\C/C=C\C/C=C\CCCCC. The highest BCUT2D eigenvalue weighted by Crippen LogP contribution is 2.45. The van der Waals surface area contributed by atoms with Crippen LogP contribution in [0.5, 0.6) is 0 Å². The molecule has 0 aliphatic heterocycles. The summed E-state index contributed by atoms with van der Waals surface area (Å²) in [6.45, 7) is 2.56. The van der Waals surface area contributed by atoms with E-state index in [9.17, 15) is 43.5 Å². The van der Waals surface area contributed by atoms with Gasteiger partial charge in [0.15, 0.2) is 6.10 Å². The summed E-state index contributed by atoms with van der Waals surface area (Å²) in [6.07, 6.45) is 122. The third-order valence-corrected chi connectivity index (χ3v) is 22.3. The molecule has 0 radical (unpaired) electrons. The van der Waals surface area contributed by atoms with E-state index in [2.05, 4.69) is 191 Å². The molecule has 0 bridgehead atoms. The molecule has 18 heteroatoms. The molecule has 0 amide bonds. The van der Waals surface area contributed by atoms with Crippen LogP contribution in [0.2, 0.25) is 0 Å². The van der Waals surface area contributed by atoms with E-state index in [1.54, 1.807) is 0 Å². The fraction of sp³-hybridized carbons (Fsp3) is 0.699. The highest BCUT2D eigenvalue weighted by Gasteiger charge is 2.30. The van der Waals surface area contributed by atoms with E-state index in [1.165, 1.54) is 180 Å². The van der Waals surface area contributed by atoms with Crippen LogP contribution in [-0.4, -0.2) is 95.9 Å². The number of phosphoric ester groups is 2. The van der Waals surface area contributed by atoms with Gasteiger partial charge in [-0.25, -0.2) is 9.13 Å². The lowest BCUT2D eigenvalue weighted by molar-refractivity contribution is -0.161. The Morgan fingerprint density at radius 1 is 0.240 bits per heavy atom. The van der Waals surface area contributed by atoms with Crippen molar-refractivity contribution in [3.05, 3.63) is 170 Å². The Balaban J connectivity index is 4.65. The number of unbranched alkanes of at least 4 members (excludes halogenated alkanes) is 40. The lowest BCUT2D eigenvalue weighted by Gasteiger charge is -2.21. The van der Waals surface area contributed by atoms with Crippen molar-refractivity contribution >= 4 is 33.6 Å². The predicted octanol–water partition coefficient (Wildman–Crippen LogP) is 30.2. The minimum atomic E-state index is -4.95. The Hall–Kier alpha value is -5.09. The number of hydrogen-bond acceptors (Lipinski definition) is 14. The maximum absolute atomic E-state index is 13.1. The number of allylic oxidation sites excluding steroid dienone is 28. The molecular formula is C103H176O16P2. The summed E-state index contributed by atoms with van der Waals surface area (Å²) < 4.78 is 61.6. The van der Waals surface area contributed by atoms with Gasteiger partial charge in [0.05, 0.1) is 26.4 Å². The minimum Gasteiger partial charge on any atom is -0.463 e. The molecule has 0 saturated heterocycles. The van der Waals surface area contributed by atoms with Crippen LogP contribution in [-0.2, 0) is 55.8 Å². The van der Waals surface area contributed by atoms with Crippen molar-refractivity contribution in [3.63, 3.8) is 0 Å². The van der Waals surface area contributed by atoms with Crippen LogP contribution in [0.15, 0.2) is 170 Å². The van der Waals surface area contributed by atoms with Crippen molar-refractivity contribution in [3.8, 4) is 0 Å². The summed E-state index contributed by atoms with van der Waals surface area (Å²) in [5.41, 5.74) is 0. The van der Waals surface area contributed by atoms with Gasteiger partial charge in [0.1, 0.15) is 25.4 Å². The van der Waals surface area contributed by atoms with Crippen molar-refractivity contribution in [2.75, 3.05) is 39.6 Å². The van der Waals surface area contributed by atoms with Crippen molar-refractivity contribution in [2.45, 2.75) is 424 Å². The van der Waals surface area contributed by atoms with Gasteiger partial charge in [-0.15, -0.1) is 0 Å². The van der Waals surface area contributed by atoms with Crippen LogP contribution in [0, 0.1) is 0 Å². The van der Waals surface area contributed by atoms with Gasteiger partial charge in [-0.1, -0.05) is 396 Å². The molecule has 121 heavy (non-hydrogen) atoms. The largest absolute Gasteiger partial charge is 0.472 e. The summed E-state index contributed by atoms with van der Waals surface area (Å²) in [5, 5.41) is 20.8. The number of carbonyl (C=O) groups is 3. The zero-order chi connectivity index (χ0) is 87.9. The average molecular weight is 1730 g/mol. The average Bonchev–Trinajstić information content (AvgIpc) is 0.908. The molecule has 0 aromatic heterocycles. The molecule has 4 N–H and O–H groups in total. The highest BCUT2D eigenvalue weighted by molar-refractivity contribution is 7.47. The number of aliphatic hydroxyl groups excluding tert-OH is 2. The normalized spacial score (nSPS) is 14.5. The summed E-state index contributed by atoms with van der Waals surface area (Å²) in [5.74, 6) is -1.57. The van der Waals surface area contributed by atoms with Crippen molar-refractivity contribution in [1.29, 1.82) is 0 Å². The van der Waals surface area contributed by atoms with Gasteiger partial charge in [0.2, 0.25) is 0 Å². The van der Waals surface area contributed by atoms with Gasteiger partial charge in [-0.2, -0.15) is 0 Å². The predicted molar refractivity (Wildman–Crippen MR) is 509 cm³/mol. The summed E-state index contributed by atoms with van der Waals surface area (Å²) >= 11 is 0. The van der Waals surface area contributed by atoms with Gasteiger partial charge < -0.3 is 34.2 Å². The fourth-order valence-corrected chi connectivity index (χ4v) is 14.7. The third-order valence-electron chi connectivity index (χ3n) is 20.4. The minimum absolute atomic E-state index is 0.0966. The Kier molecular flexibility index (Phi) is 90.1. The van der Waals surface area contributed by atoms with Crippen LogP contribution in [0.25, 0.3) is 0 Å².